The Hall–Kier alpha value is -1.28. The van der Waals surface area contributed by atoms with Crippen LogP contribution in [0.4, 0.5) is 0 Å². The van der Waals surface area contributed by atoms with Gasteiger partial charge in [-0.15, -0.1) is 0 Å². The van der Waals surface area contributed by atoms with E-state index in [1.54, 1.807) is 0 Å². The average molecular weight is 131 g/mol. The summed E-state index contributed by atoms with van der Waals surface area (Å²) in [6.07, 6.45) is 1.95. The van der Waals surface area contributed by atoms with E-state index in [1.807, 2.05) is 18.3 Å². The second-order valence-electron chi connectivity index (χ2n) is 2.06. The van der Waals surface area contributed by atoms with Crippen LogP contribution in [0.3, 0.4) is 0 Å². The number of benzene rings is 1. The van der Waals surface area contributed by atoms with E-state index in [0.717, 1.165) is 0 Å². The molecule has 2 heteroatoms. The van der Waals surface area contributed by atoms with Crippen LogP contribution in [0, 0.1) is 0 Å². The van der Waals surface area contributed by atoms with Gasteiger partial charge in [-0.1, -0.05) is 18.2 Å². The number of nitrogens with one attached hydrogen (secondary N) is 1. The molecule has 0 bridgehead atoms. The Balaban J connectivity index is 0.000000500. The maximum absolute atomic E-state index is 3.12. The van der Waals surface area contributed by atoms with Crippen LogP contribution in [-0.4, -0.2) is 4.98 Å². The Morgan fingerprint density at radius 3 is 2.60 bits per heavy atom. The number of aromatic amines is 1. The molecule has 10 heavy (non-hydrogen) atoms. The lowest BCUT2D eigenvalue weighted by Gasteiger charge is -1.83. The molecule has 2 rings (SSSR count). The summed E-state index contributed by atoms with van der Waals surface area (Å²) in [6.45, 7) is 0. The summed E-state index contributed by atoms with van der Waals surface area (Å²) in [5.41, 5.74) is 1.21. The van der Waals surface area contributed by atoms with Crippen LogP contribution in [0.1, 0.15) is 0 Å². The molecule has 0 aliphatic heterocycles. The van der Waals surface area contributed by atoms with E-state index in [1.165, 1.54) is 10.9 Å². The quantitative estimate of drug-likeness (QED) is 0.565. The number of H-pyrrole nitrogens is 1. The van der Waals surface area contributed by atoms with E-state index in [9.17, 15) is 0 Å². The topological polar surface area (TPSA) is 46.3 Å². The predicted octanol–water partition coefficient (Wildman–Crippen LogP) is 1.69. The molecule has 2 aromatic rings. The van der Waals surface area contributed by atoms with Gasteiger partial charge in [0.2, 0.25) is 0 Å². The van der Waals surface area contributed by atoms with Crippen molar-refractivity contribution in [2.24, 2.45) is 0 Å². The first kappa shape index (κ1) is 6.83. The summed E-state index contributed by atoms with van der Waals surface area (Å²) in [4.78, 5) is 3.12. The Labute approximate surface area is 59.5 Å². The zero-order chi connectivity index (χ0) is 6.10. The van der Waals surface area contributed by atoms with Crippen molar-refractivity contribution in [1.82, 2.24) is 11.1 Å². The van der Waals surface area contributed by atoms with Gasteiger partial charge in [0.1, 0.15) is 0 Å². The van der Waals surface area contributed by atoms with Crippen LogP contribution in [0.15, 0.2) is 36.5 Å². The van der Waals surface area contributed by atoms with E-state index in [2.05, 4.69) is 23.2 Å². The van der Waals surface area contributed by atoms with E-state index in [-0.39, 0.29) is 6.15 Å². The van der Waals surface area contributed by atoms with Crippen molar-refractivity contribution in [1.29, 1.82) is 0 Å². The third kappa shape index (κ3) is 0.890. The second-order valence-corrected chi connectivity index (χ2v) is 2.06. The minimum Gasteiger partial charge on any atom is -0.361 e. The van der Waals surface area contributed by atoms with Gasteiger partial charge >= 0.3 is 0 Å². The highest BCUT2D eigenvalue weighted by atomic mass is 14.6. The highest BCUT2D eigenvalue weighted by Gasteiger charge is 1.86. The number of aromatic nitrogens is 1. The van der Waals surface area contributed by atoms with Gasteiger partial charge in [0.05, 0.1) is 0 Å². The molecule has 1 aromatic carbocycles. The summed E-state index contributed by atoms with van der Waals surface area (Å²) in [5, 5.41) is 1.28. The minimum atomic E-state index is 0. The molecule has 2 nitrogen and oxygen atoms in total. The lowest BCUT2D eigenvalue weighted by atomic mass is 10.3. The van der Waals surface area contributed by atoms with Gasteiger partial charge in [0.15, 0.2) is 0 Å². The Bertz CT molecular complexity index is 281. The number of fused-ring (bicyclic) bond motifs is 1. The monoisotopic (exact) mass is 131 g/mol. The lowest BCUT2D eigenvalue weighted by molar-refractivity contribution is 1.48. The van der Waals surface area contributed by atoms with Crippen molar-refractivity contribution >= 4 is 10.9 Å². The molecular formula is C8H7N2. The molecule has 49 valence electrons. The normalized spacial score (nSPS) is 9.20. The van der Waals surface area contributed by atoms with Crippen LogP contribution in [-0.2, 0) is 0 Å². The molecule has 0 unspecified atom stereocenters. The van der Waals surface area contributed by atoms with Crippen molar-refractivity contribution in [2.75, 3.05) is 0 Å². The van der Waals surface area contributed by atoms with Gasteiger partial charge in [0, 0.05) is 17.9 Å². The first-order valence-electron chi connectivity index (χ1n) is 2.99. The number of hydrogen-bond acceptors (Lipinski definition) is 0. The molecule has 0 aliphatic carbocycles. The molecule has 3 radical (unpaired) electrons. The number of rotatable bonds is 0. The number of para-hydroxylation sites is 1. The van der Waals surface area contributed by atoms with Crippen molar-refractivity contribution in [3.8, 4) is 0 Å². The van der Waals surface area contributed by atoms with Gasteiger partial charge in [-0.3, -0.25) is 0 Å². The molecular weight excluding hydrogens is 124 g/mol. The van der Waals surface area contributed by atoms with Crippen LogP contribution < -0.4 is 6.15 Å². The summed E-state index contributed by atoms with van der Waals surface area (Å²) in [5.74, 6) is 0. The molecule has 1 aromatic heterocycles. The standard InChI is InChI=1S/C8H7N.N/c1-2-4-8-7(3-1)5-6-9-8;/h1-6,9H;. The Morgan fingerprint density at radius 2 is 1.80 bits per heavy atom. The Kier molecular flexibility index (Phi) is 1.73. The molecule has 0 fully saturated rings. The summed E-state index contributed by atoms with van der Waals surface area (Å²) >= 11 is 0. The zero-order valence-electron chi connectivity index (χ0n) is 5.41. The molecule has 0 saturated carbocycles. The highest BCUT2D eigenvalue weighted by Crippen LogP contribution is 2.09. The SMILES string of the molecule is [N].c1ccc2[nH]ccc2c1. The number of nitrogens with zero attached hydrogens (tertiary/aromatic N) is 1. The van der Waals surface area contributed by atoms with E-state index >= 15 is 0 Å². The first-order chi connectivity index (χ1) is 4.47. The number of hydrogen-bond donors (Lipinski definition) is 1. The summed E-state index contributed by atoms with van der Waals surface area (Å²) < 4.78 is 0. The molecule has 0 atom stereocenters. The van der Waals surface area contributed by atoms with Crippen LogP contribution in [0.5, 0.6) is 0 Å². The fourth-order valence-electron chi connectivity index (χ4n) is 0.995. The zero-order valence-corrected chi connectivity index (χ0v) is 5.41. The fourth-order valence-corrected chi connectivity index (χ4v) is 0.995. The molecule has 0 spiro atoms. The smallest absolute Gasteiger partial charge is 0.0453 e. The maximum Gasteiger partial charge on any atom is 0.0453 e. The van der Waals surface area contributed by atoms with E-state index in [4.69, 9.17) is 0 Å². The van der Waals surface area contributed by atoms with Gasteiger partial charge in [-0.05, 0) is 17.5 Å². The van der Waals surface area contributed by atoms with E-state index < -0.39 is 0 Å². The van der Waals surface area contributed by atoms with Gasteiger partial charge in [0.25, 0.3) is 0 Å². The van der Waals surface area contributed by atoms with Crippen molar-refractivity contribution < 1.29 is 0 Å². The third-order valence-corrected chi connectivity index (χ3v) is 1.46. The predicted molar refractivity (Wildman–Crippen MR) is 40.4 cm³/mol. The summed E-state index contributed by atoms with van der Waals surface area (Å²) in [6, 6.07) is 10.3. The molecule has 0 saturated heterocycles. The van der Waals surface area contributed by atoms with Crippen molar-refractivity contribution in [2.45, 2.75) is 0 Å². The fraction of sp³-hybridized carbons (Fsp3) is 0. The van der Waals surface area contributed by atoms with Crippen LogP contribution >= 0.6 is 0 Å². The lowest BCUT2D eigenvalue weighted by Crippen LogP contribution is -1.61. The maximum atomic E-state index is 3.12. The van der Waals surface area contributed by atoms with Crippen LogP contribution in [0.2, 0.25) is 0 Å². The highest BCUT2D eigenvalue weighted by molar-refractivity contribution is 5.78. The van der Waals surface area contributed by atoms with Gasteiger partial charge < -0.3 is 4.98 Å². The third-order valence-electron chi connectivity index (χ3n) is 1.46. The largest absolute Gasteiger partial charge is 0.361 e. The first-order valence-corrected chi connectivity index (χ1v) is 2.99. The summed E-state index contributed by atoms with van der Waals surface area (Å²) in [7, 11) is 0. The van der Waals surface area contributed by atoms with Crippen molar-refractivity contribution in [3.05, 3.63) is 36.5 Å². The minimum absolute atomic E-state index is 0. The van der Waals surface area contributed by atoms with Crippen LogP contribution in [0.25, 0.3) is 10.9 Å². The molecule has 0 amide bonds. The Morgan fingerprint density at radius 1 is 1.00 bits per heavy atom. The van der Waals surface area contributed by atoms with Gasteiger partial charge in [-0.2, -0.15) is 0 Å². The average Bonchev–Trinajstić information content (AvgIpc) is 2.33. The second kappa shape index (κ2) is 2.54. The van der Waals surface area contributed by atoms with Gasteiger partial charge in [-0.25, -0.2) is 0 Å². The molecule has 1 N–H and O–H groups in total. The van der Waals surface area contributed by atoms with E-state index in [0.29, 0.717) is 0 Å². The molecule has 0 aliphatic rings. The molecule has 1 heterocycles. The van der Waals surface area contributed by atoms with Crippen molar-refractivity contribution in [3.63, 3.8) is 0 Å².